The van der Waals surface area contributed by atoms with E-state index in [1.54, 1.807) is 6.92 Å². The number of carbonyl (C=O) groups excluding carboxylic acids is 1. The van der Waals surface area contributed by atoms with Crippen molar-refractivity contribution in [1.82, 2.24) is 5.32 Å². The SMILES string of the molecule is CCC(CNC(=O)C(N)C1CCOCC1)Oc1ccccc1C(F)(F)F.Cl. The zero-order chi connectivity index (χ0) is 19.2. The van der Waals surface area contributed by atoms with Gasteiger partial charge in [-0.2, -0.15) is 13.2 Å². The van der Waals surface area contributed by atoms with Crippen LogP contribution in [0.5, 0.6) is 5.75 Å². The molecule has 2 unspecified atom stereocenters. The van der Waals surface area contributed by atoms with Crippen LogP contribution in [0.3, 0.4) is 0 Å². The average molecular weight is 411 g/mol. The molecule has 0 aromatic heterocycles. The molecule has 1 heterocycles. The average Bonchev–Trinajstić information content (AvgIpc) is 2.64. The molecule has 0 spiro atoms. The summed E-state index contributed by atoms with van der Waals surface area (Å²) in [6.45, 7) is 3.05. The molecule has 3 N–H and O–H groups in total. The van der Waals surface area contributed by atoms with E-state index in [1.165, 1.54) is 18.2 Å². The van der Waals surface area contributed by atoms with Gasteiger partial charge in [-0.05, 0) is 37.3 Å². The molecule has 0 aliphatic carbocycles. The number of ether oxygens (including phenoxy) is 2. The van der Waals surface area contributed by atoms with E-state index in [1.807, 2.05) is 0 Å². The topological polar surface area (TPSA) is 73.6 Å². The fraction of sp³-hybridized carbons (Fsp3) is 0.611. The van der Waals surface area contributed by atoms with E-state index in [0.29, 0.717) is 19.6 Å². The van der Waals surface area contributed by atoms with Gasteiger partial charge in [-0.3, -0.25) is 4.79 Å². The molecular weight excluding hydrogens is 385 g/mol. The lowest BCUT2D eigenvalue weighted by Gasteiger charge is -2.27. The predicted octanol–water partition coefficient (Wildman–Crippen LogP) is 3.15. The van der Waals surface area contributed by atoms with Gasteiger partial charge in [0.25, 0.3) is 0 Å². The third-order valence-corrected chi connectivity index (χ3v) is 4.52. The van der Waals surface area contributed by atoms with Crippen molar-refractivity contribution in [2.24, 2.45) is 11.7 Å². The van der Waals surface area contributed by atoms with Crippen LogP contribution in [0.15, 0.2) is 24.3 Å². The number of rotatable bonds is 7. The highest BCUT2D eigenvalue weighted by atomic mass is 35.5. The van der Waals surface area contributed by atoms with Crippen LogP contribution in [0.25, 0.3) is 0 Å². The second-order valence-electron chi connectivity index (χ2n) is 6.36. The number of benzene rings is 1. The summed E-state index contributed by atoms with van der Waals surface area (Å²) in [7, 11) is 0. The minimum absolute atomic E-state index is 0. The van der Waals surface area contributed by atoms with Crippen molar-refractivity contribution >= 4 is 18.3 Å². The first kappa shape index (κ1) is 23.5. The molecule has 1 saturated heterocycles. The highest BCUT2D eigenvalue weighted by Gasteiger charge is 2.34. The Balaban J connectivity index is 0.00000364. The zero-order valence-electron chi connectivity index (χ0n) is 15.1. The first-order valence-corrected chi connectivity index (χ1v) is 8.76. The van der Waals surface area contributed by atoms with Gasteiger partial charge in [0, 0.05) is 13.2 Å². The molecule has 1 amide bonds. The summed E-state index contributed by atoms with van der Waals surface area (Å²) in [4.78, 5) is 12.2. The smallest absolute Gasteiger partial charge is 0.419 e. The van der Waals surface area contributed by atoms with Crippen LogP contribution in [0.1, 0.15) is 31.7 Å². The molecule has 5 nitrogen and oxygen atoms in total. The lowest BCUT2D eigenvalue weighted by Crippen LogP contribution is -2.49. The summed E-state index contributed by atoms with van der Waals surface area (Å²) >= 11 is 0. The maximum atomic E-state index is 13.1. The number of alkyl halides is 3. The molecule has 9 heteroatoms. The molecule has 154 valence electrons. The maximum absolute atomic E-state index is 13.1. The third-order valence-electron chi connectivity index (χ3n) is 4.52. The van der Waals surface area contributed by atoms with Crippen LogP contribution >= 0.6 is 12.4 Å². The van der Waals surface area contributed by atoms with E-state index < -0.39 is 23.9 Å². The first-order valence-electron chi connectivity index (χ1n) is 8.76. The van der Waals surface area contributed by atoms with Gasteiger partial charge in [-0.15, -0.1) is 12.4 Å². The van der Waals surface area contributed by atoms with E-state index in [4.69, 9.17) is 15.2 Å². The lowest BCUT2D eigenvalue weighted by molar-refractivity contribution is -0.139. The Morgan fingerprint density at radius 2 is 1.96 bits per heavy atom. The van der Waals surface area contributed by atoms with E-state index in [2.05, 4.69) is 5.32 Å². The summed E-state index contributed by atoms with van der Waals surface area (Å²) < 4.78 is 49.9. The molecule has 0 saturated carbocycles. The van der Waals surface area contributed by atoms with Crippen molar-refractivity contribution in [2.45, 2.75) is 44.5 Å². The molecule has 1 aromatic rings. The molecule has 1 aromatic carbocycles. The Morgan fingerprint density at radius 1 is 1.33 bits per heavy atom. The Labute approximate surface area is 163 Å². The monoisotopic (exact) mass is 410 g/mol. The van der Waals surface area contributed by atoms with Crippen LogP contribution in [-0.4, -0.2) is 37.8 Å². The van der Waals surface area contributed by atoms with Crippen molar-refractivity contribution < 1.29 is 27.4 Å². The van der Waals surface area contributed by atoms with Crippen LogP contribution in [0, 0.1) is 5.92 Å². The Bertz CT molecular complexity index is 595. The van der Waals surface area contributed by atoms with Crippen molar-refractivity contribution in [2.75, 3.05) is 19.8 Å². The van der Waals surface area contributed by atoms with E-state index >= 15 is 0 Å². The fourth-order valence-electron chi connectivity index (χ4n) is 2.87. The first-order chi connectivity index (χ1) is 12.3. The van der Waals surface area contributed by atoms with Crippen LogP contribution in [-0.2, 0) is 15.7 Å². The van der Waals surface area contributed by atoms with E-state index in [-0.39, 0.29) is 36.5 Å². The van der Waals surface area contributed by atoms with Gasteiger partial charge in [0.1, 0.15) is 11.9 Å². The Kier molecular flexibility index (Phi) is 9.35. The molecule has 1 aliphatic heterocycles. The van der Waals surface area contributed by atoms with Crippen LogP contribution < -0.4 is 15.8 Å². The molecule has 1 fully saturated rings. The lowest BCUT2D eigenvalue weighted by atomic mass is 9.92. The van der Waals surface area contributed by atoms with Crippen molar-refractivity contribution in [3.05, 3.63) is 29.8 Å². The Hall–Kier alpha value is -1.51. The van der Waals surface area contributed by atoms with Crippen molar-refractivity contribution in [3.63, 3.8) is 0 Å². The number of nitrogens with two attached hydrogens (primary N) is 1. The third kappa shape index (κ3) is 6.86. The van der Waals surface area contributed by atoms with Gasteiger partial charge >= 0.3 is 6.18 Å². The molecule has 1 aliphatic rings. The maximum Gasteiger partial charge on any atom is 0.419 e. The van der Waals surface area contributed by atoms with Gasteiger partial charge in [-0.1, -0.05) is 19.1 Å². The number of nitrogens with one attached hydrogen (secondary N) is 1. The van der Waals surface area contributed by atoms with Crippen LogP contribution in [0.2, 0.25) is 0 Å². The molecule has 0 radical (unpaired) electrons. The number of hydrogen-bond donors (Lipinski definition) is 2. The standard InChI is InChI=1S/C18H25F3N2O3.ClH/c1-2-13(26-15-6-4-3-5-14(15)18(19,20)21)11-23-17(24)16(22)12-7-9-25-10-8-12;/h3-6,12-13,16H,2,7-11,22H2,1H3,(H,23,24);1H. The summed E-state index contributed by atoms with van der Waals surface area (Å²) in [5.41, 5.74) is 5.17. The minimum atomic E-state index is -4.50. The summed E-state index contributed by atoms with van der Waals surface area (Å²) in [5, 5.41) is 2.70. The van der Waals surface area contributed by atoms with E-state index in [0.717, 1.165) is 18.9 Å². The predicted molar refractivity (Wildman–Crippen MR) is 97.9 cm³/mol. The van der Waals surface area contributed by atoms with E-state index in [9.17, 15) is 18.0 Å². The van der Waals surface area contributed by atoms with Gasteiger partial charge in [0.2, 0.25) is 5.91 Å². The highest BCUT2D eigenvalue weighted by molar-refractivity contribution is 5.85. The minimum Gasteiger partial charge on any atom is -0.488 e. The van der Waals surface area contributed by atoms with Gasteiger partial charge in [-0.25, -0.2) is 0 Å². The number of hydrogen-bond acceptors (Lipinski definition) is 4. The molecular formula is C18H26ClF3N2O3. The second-order valence-corrected chi connectivity index (χ2v) is 6.36. The quantitative estimate of drug-likeness (QED) is 0.724. The zero-order valence-corrected chi connectivity index (χ0v) is 15.9. The van der Waals surface area contributed by atoms with Gasteiger partial charge < -0.3 is 20.5 Å². The molecule has 0 bridgehead atoms. The molecule has 27 heavy (non-hydrogen) atoms. The molecule has 2 rings (SSSR count). The summed E-state index contributed by atoms with van der Waals surface area (Å²) in [6.07, 6.45) is -3.19. The number of carbonyl (C=O) groups is 1. The van der Waals surface area contributed by atoms with Gasteiger partial charge in [0.15, 0.2) is 0 Å². The van der Waals surface area contributed by atoms with Crippen LogP contribution in [0.4, 0.5) is 13.2 Å². The normalized spacial score (nSPS) is 17.5. The number of halogens is 4. The van der Waals surface area contributed by atoms with Crippen molar-refractivity contribution in [3.8, 4) is 5.75 Å². The number of para-hydroxylation sites is 1. The largest absolute Gasteiger partial charge is 0.488 e. The fourth-order valence-corrected chi connectivity index (χ4v) is 2.87. The molecule has 2 atom stereocenters. The second kappa shape index (κ2) is 10.7. The summed E-state index contributed by atoms with van der Waals surface area (Å²) in [6, 6.07) is 4.39. The van der Waals surface area contributed by atoms with Gasteiger partial charge in [0.05, 0.1) is 18.2 Å². The highest BCUT2D eigenvalue weighted by Crippen LogP contribution is 2.36. The van der Waals surface area contributed by atoms with Crippen molar-refractivity contribution in [1.29, 1.82) is 0 Å². The number of amides is 1. The summed E-state index contributed by atoms with van der Waals surface area (Å²) in [5.74, 6) is -0.506. The Morgan fingerprint density at radius 3 is 2.56 bits per heavy atom.